The van der Waals surface area contributed by atoms with E-state index in [9.17, 15) is 14.9 Å². The van der Waals surface area contributed by atoms with Crippen molar-refractivity contribution in [1.82, 2.24) is 9.78 Å². The fourth-order valence-electron chi connectivity index (χ4n) is 2.41. The Morgan fingerprint density at radius 3 is 2.69 bits per heavy atom. The highest BCUT2D eigenvalue weighted by molar-refractivity contribution is 9.10. The van der Waals surface area contributed by atoms with Gasteiger partial charge in [-0.15, -0.1) is 0 Å². The van der Waals surface area contributed by atoms with Crippen LogP contribution in [0.3, 0.4) is 0 Å². The Hall–Kier alpha value is -2.62. The van der Waals surface area contributed by atoms with Crippen molar-refractivity contribution in [3.05, 3.63) is 72.9 Å². The average Bonchev–Trinajstić information content (AvgIpc) is 3.05. The molecule has 0 saturated carbocycles. The van der Waals surface area contributed by atoms with Crippen molar-refractivity contribution >= 4 is 56.4 Å². The van der Waals surface area contributed by atoms with Crippen LogP contribution in [-0.2, 0) is 6.54 Å². The molecule has 0 fully saturated rings. The molecule has 1 N–H and O–H groups in total. The van der Waals surface area contributed by atoms with Gasteiger partial charge in [0.1, 0.15) is 11.5 Å². The molecule has 0 aliphatic heterocycles. The summed E-state index contributed by atoms with van der Waals surface area (Å²) in [6.07, 6.45) is 1.67. The molecule has 8 nitrogen and oxygen atoms in total. The van der Waals surface area contributed by atoms with Crippen molar-refractivity contribution in [2.75, 3.05) is 5.32 Å². The lowest BCUT2D eigenvalue weighted by Gasteiger charge is -2.10. The Labute approximate surface area is 183 Å². The van der Waals surface area contributed by atoms with Crippen LogP contribution in [0.25, 0.3) is 0 Å². The first kappa shape index (κ1) is 21.1. The summed E-state index contributed by atoms with van der Waals surface area (Å²) < 4.78 is 7.75. The number of non-ortho nitro benzene ring substituents is 1. The Kier molecular flexibility index (Phi) is 6.41. The predicted octanol–water partition coefficient (Wildman–Crippen LogP) is 5.93. The Bertz CT molecular complexity index is 1100. The number of aryl methyl sites for hydroxylation is 1. The molecule has 11 heteroatoms. The van der Waals surface area contributed by atoms with Gasteiger partial charge in [0.25, 0.3) is 11.6 Å². The number of ether oxygens (including phenoxy) is 1. The fourth-order valence-corrected chi connectivity index (χ4v) is 3.35. The molecule has 1 amide bonds. The van der Waals surface area contributed by atoms with E-state index in [1.54, 1.807) is 16.9 Å². The van der Waals surface area contributed by atoms with E-state index in [4.69, 9.17) is 27.9 Å². The summed E-state index contributed by atoms with van der Waals surface area (Å²) in [5, 5.41) is 18.7. The highest BCUT2D eigenvalue weighted by Gasteiger charge is 2.18. The van der Waals surface area contributed by atoms with Gasteiger partial charge in [-0.05, 0) is 41.1 Å². The Morgan fingerprint density at radius 1 is 1.31 bits per heavy atom. The lowest BCUT2D eigenvalue weighted by Crippen LogP contribution is -2.14. The van der Waals surface area contributed by atoms with Crippen LogP contribution in [0.2, 0.25) is 10.0 Å². The van der Waals surface area contributed by atoms with E-state index in [1.807, 2.05) is 6.92 Å². The monoisotopic (exact) mass is 498 g/mol. The summed E-state index contributed by atoms with van der Waals surface area (Å²) in [6, 6.07) is 8.49. The van der Waals surface area contributed by atoms with Crippen LogP contribution in [0.5, 0.6) is 11.5 Å². The molecule has 3 rings (SSSR count). The van der Waals surface area contributed by atoms with Crippen LogP contribution in [0.15, 0.2) is 47.1 Å². The zero-order valence-corrected chi connectivity index (χ0v) is 18.0. The zero-order chi connectivity index (χ0) is 21.1. The van der Waals surface area contributed by atoms with Gasteiger partial charge in [0.15, 0.2) is 5.69 Å². The van der Waals surface area contributed by atoms with Crippen LogP contribution in [-0.4, -0.2) is 20.6 Å². The van der Waals surface area contributed by atoms with Gasteiger partial charge in [0, 0.05) is 29.9 Å². The van der Waals surface area contributed by atoms with Crippen molar-refractivity contribution in [2.45, 2.75) is 13.5 Å². The summed E-state index contributed by atoms with van der Waals surface area (Å²) in [5.41, 5.74) is 0.0600. The predicted molar refractivity (Wildman–Crippen MR) is 113 cm³/mol. The largest absolute Gasteiger partial charge is 0.455 e. The Morgan fingerprint density at radius 2 is 2.07 bits per heavy atom. The van der Waals surface area contributed by atoms with Crippen LogP contribution < -0.4 is 10.1 Å². The maximum absolute atomic E-state index is 12.5. The van der Waals surface area contributed by atoms with Gasteiger partial charge in [0.05, 0.1) is 26.2 Å². The minimum absolute atomic E-state index is 0.122. The first-order valence-electron chi connectivity index (χ1n) is 8.23. The molecule has 1 heterocycles. The van der Waals surface area contributed by atoms with E-state index in [1.165, 1.54) is 30.3 Å². The summed E-state index contributed by atoms with van der Waals surface area (Å²) >= 11 is 15.2. The maximum atomic E-state index is 12.5. The fraction of sp³-hybridized carbons (Fsp3) is 0.111. The van der Waals surface area contributed by atoms with Crippen molar-refractivity contribution in [3.8, 4) is 11.5 Å². The van der Waals surface area contributed by atoms with Gasteiger partial charge in [0.2, 0.25) is 0 Å². The van der Waals surface area contributed by atoms with E-state index in [0.717, 1.165) is 0 Å². The lowest BCUT2D eigenvalue weighted by atomic mass is 10.2. The molecule has 0 aliphatic rings. The number of anilines is 1. The van der Waals surface area contributed by atoms with E-state index < -0.39 is 10.8 Å². The van der Waals surface area contributed by atoms with E-state index in [2.05, 4.69) is 26.3 Å². The number of nitrogens with one attached hydrogen (secondary N) is 1. The van der Waals surface area contributed by atoms with E-state index >= 15 is 0 Å². The number of halogens is 3. The molecular weight excluding hydrogens is 487 g/mol. The minimum atomic E-state index is -0.590. The Balaban J connectivity index is 1.91. The molecule has 0 bridgehead atoms. The average molecular weight is 500 g/mol. The first-order chi connectivity index (χ1) is 13.8. The molecule has 0 saturated heterocycles. The molecule has 0 atom stereocenters. The second-order valence-corrected chi connectivity index (χ2v) is 7.48. The molecule has 150 valence electrons. The number of benzene rings is 2. The molecule has 3 aromatic rings. The minimum Gasteiger partial charge on any atom is -0.455 e. The van der Waals surface area contributed by atoms with Crippen molar-refractivity contribution in [2.24, 2.45) is 0 Å². The van der Waals surface area contributed by atoms with Gasteiger partial charge in [-0.2, -0.15) is 5.10 Å². The highest BCUT2D eigenvalue weighted by Crippen LogP contribution is 2.34. The van der Waals surface area contributed by atoms with Crippen LogP contribution in [0.4, 0.5) is 11.4 Å². The lowest BCUT2D eigenvalue weighted by molar-refractivity contribution is -0.384. The number of hydrogen-bond donors (Lipinski definition) is 1. The summed E-state index contributed by atoms with van der Waals surface area (Å²) in [4.78, 5) is 23.2. The van der Waals surface area contributed by atoms with Gasteiger partial charge < -0.3 is 10.1 Å². The molecule has 2 aromatic carbocycles. The van der Waals surface area contributed by atoms with Crippen LogP contribution >= 0.6 is 39.1 Å². The highest BCUT2D eigenvalue weighted by atomic mass is 79.9. The first-order valence-corrected chi connectivity index (χ1v) is 9.78. The third kappa shape index (κ3) is 5.06. The standard InChI is InChI=1S/C18H13BrCl2N4O4/c1-2-24-9-14(19)17(23-24)18(26)22-11-6-12(25(27)28)8-13(7-11)29-16-4-3-10(20)5-15(16)21/h3-9H,2H2,1H3,(H,22,26). The number of rotatable bonds is 6. The van der Waals surface area contributed by atoms with Gasteiger partial charge in [-0.1, -0.05) is 23.2 Å². The number of hydrogen-bond acceptors (Lipinski definition) is 5. The molecular formula is C18H13BrCl2N4O4. The summed E-state index contributed by atoms with van der Waals surface area (Å²) in [5.74, 6) is -0.143. The second kappa shape index (κ2) is 8.81. The smallest absolute Gasteiger partial charge is 0.277 e. The molecule has 29 heavy (non-hydrogen) atoms. The molecule has 0 unspecified atom stereocenters. The molecule has 1 aromatic heterocycles. The van der Waals surface area contributed by atoms with E-state index in [-0.39, 0.29) is 33.6 Å². The van der Waals surface area contributed by atoms with Crippen LogP contribution in [0, 0.1) is 10.1 Å². The molecule has 0 spiro atoms. The van der Waals surface area contributed by atoms with Crippen molar-refractivity contribution in [1.29, 1.82) is 0 Å². The quantitative estimate of drug-likeness (QED) is 0.335. The number of carbonyl (C=O) groups excluding carboxylic acids is 1. The number of carbonyl (C=O) groups is 1. The number of nitro benzene ring substituents is 1. The van der Waals surface area contributed by atoms with Gasteiger partial charge in [-0.3, -0.25) is 19.6 Å². The van der Waals surface area contributed by atoms with Gasteiger partial charge in [-0.25, -0.2) is 0 Å². The van der Waals surface area contributed by atoms with Crippen LogP contribution in [0.1, 0.15) is 17.4 Å². The SMILES string of the molecule is CCn1cc(Br)c(C(=O)Nc2cc(Oc3ccc(Cl)cc3Cl)cc([N+](=O)[O-])c2)n1. The maximum Gasteiger partial charge on any atom is 0.277 e. The van der Waals surface area contributed by atoms with Crippen molar-refractivity contribution in [3.63, 3.8) is 0 Å². The number of nitro groups is 1. The number of nitrogens with zero attached hydrogens (tertiary/aromatic N) is 3. The summed E-state index contributed by atoms with van der Waals surface area (Å²) in [6.45, 7) is 2.47. The summed E-state index contributed by atoms with van der Waals surface area (Å²) in [7, 11) is 0. The van der Waals surface area contributed by atoms with Gasteiger partial charge >= 0.3 is 0 Å². The van der Waals surface area contributed by atoms with Crippen molar-refractivity contribution < 1.29 is 14.5 Å². The van der Waals surface area contributed by atoms with E-state index in [0.29, 0.717) is 16.0 Å². The third-order valence-electron chi connectivity index (χ3n) is 3.74. The molecule has 0 radical (unpaired) electrons. The normalized spacial score (nSPS) is 10.6. The third-order valence-corrected chi connectivity index (χ3v) is 4.85. The zero-order valence-electron chi connectivity index (χ0n) is 14.9. The number of amides is 1. The molecule has 0 aliphatic carbocycles. The second-order valence-electron chi connectivity index (χ2n) is 5.78. The number of aromatic nitrogens is 2. The topological polar surface area (TPSA) is 99.3 Å².